The van der Waals surface area contributed by atoms with Crippen LogP contribution in [0.1, 0.15) is 47.7 Å². The van der Waals surface area contributed by atoms with Crippen molar-refractivity contribution in [2.24, 2.45) is 0 Å². The molecule has 1 fully saturated rings. The Morgan fingerprint density at radius 2 is 1.92 bits per heavy atom. The van der Waals surface area contributed by atoms with Crippen LogP contribution >= 0.6 is 34.5 Å². The summed E-state index contributed by atoms with van der Waals surface area (Å²) in [5.74, 6) is -0.403. The van der Waals surface area contributed by atoms with Gasteiger partial charge in [0.15, 0.2) is 0 Å². The Morgan fingerprint density at radius 3 is 2.53 bits per heavy atom. The summed E-state index contributed by atoms with van der Waals surface area (Å²) in [6.07, 6.45) is 2.45. The van der Waals surface area contributed by atoms with E-state index >= 15 is 0 Å². The number of piperidine rings is 1. The highest BCUT2D eigenvalue weighted by molar-refractivity contribution is 7.07. The zero-order valence-electron chi connectivity index (χ0n) is 22.3. The maximum absolute atomic E-state index is 13.1. The van der Waals surface area contributed by atoms with Crippen molar-refractivity contribution in [2.75, 3.05) is 40.3 Å². The van der Waals surface area contributed by atoms with E-state index in [0.29, 0.717) is 24.2 Å². The summed E-state index contributed by atoms with van der Waals surface area (Å²) >= 11 is 13.6. The molecule has 0 spiro atoms. The molecule has 1 atom stereocenters. The van der Waals surface area contributed by atoms with Crippen LogP contribution < -0.4 is 10.6 Å². The smallest absolute Gasteiger partial charge is 0.318 e. The highest BCUT2D eigenvalue weighted by Gasteiger charge is 2.30. The minimum absolute atomic E-state index is 0.0234. The van der Waals surface area contributed by atoms with Crippen molar-refractivity contribution in [3.8, 4) is 0 Å². The molecule has 1 unspecified atom stereocenters. The lowest BCUT2D eigenvalue weighted by atomic mass is 10.0. The van der Waals surface area contributed by atoms with Gasteiger partial charge in [-0.05, 0) is 67.1 Å². The number of likely N-dealkylation sites (N-methyl/N-ethyl adjacent to an activating group) is 1. The quantitative estimate of drug-likeness (QED) is 0.412. The van der Waals surface area contributed by atoms with Crippen LogP contribution in [0, 0.1) is 6.92 Å². The molecule has 1 aliphatic rings. The fourth-order valence-electron chi connectivity index (χ4n) is 4.53. The standard InChI is InChI=1S/C26H36Cl2N6O3S/c1-17-13-21(27)31-24(28)23(17)25(36)29-9-5-18(2)33-10-6-20(7-11-33)34(15-19-8-12-38-16-19)26(37)30-14-22(35)32(3)4/h8,12-13,16,18,20H,5-7,9-11,14-15H2,1-4H3,(H,29,36)(H,30,37). The maximum Gasteiger partial charge on any atom is 0.318 e. The van der Waals surface area contributed by atoms with E-state index in [-0.39, 0.29) is 46.8 Å². The topological polar surface area (TPSA) is 97.9 Å². The Kier molecular flexibility index (Phi) is 11.2. The first-order chi connectivity index (χ1) is 18.1. The first-order valence-corrected chi connectivity index (χ1v) is 14.4. The van der Waals surface area contributed by atoms with Gasteiger partial charge in [-0.1, -0.05) is 23.2 Å². The average Bonchev–Trinajstić information content (AvgIpc) is 3.38. The molecule has 3 rings (SSSR count). The molecule has 0 bridgehead atoms. The van der Waals surface area contributed by atoms with Crippen LogP contribution in [-0.2, 0) is 11.3 Å². The van der Waals surface area contributed by atoms with Gasteiger partial charge in [-0.15, -0.1) is 0 Å². The van der Waals surface area contributed by atoms with Crippen LogP contribution in [-0.4, -0.2) is 89.9 Å². The fraction of sp³-hybridized carbons (Fsp3) is 0.538. The molecule has 0 saturated carbocycles. The summed E-state index contributed by atoms with van der Waals surface area (Å²) in [5.41, 5.74) is 2.12. The van der Waals surface area contributed by atoms with Gasteiger partial charge in [-0.2, -0.15) is 11.3 Å². The molecule has 2 aromatic rings. The number of carbonyl (C=O) groups excluding carboxylic acids is 3. The molecule has 0 radical (unpaired) electrons. The van der Waals surface area contributed by atoms with Gasteiger partial charge in [0.1, 0.15) is 10.3 Å². The molecule has 3 heterocycles. The van der Waals surface area contributed by atoms with E-state index in [4.69, 9.17) is 23.2 Å². The van der Waals surface area contributed by atoms with Crippen molar-refractivity contribution in [1.29, 1.82) is 0 Å². The molecule has 0 aliphatic carbocycles. The Bertz CT molecular complexity index is 1080. The van der Waals surface area contributed by atoms with Crippen LogP contribution in [0.5, 0.6) is 0 Å². The van der Waals surface area contributed by atoms with Gasteiger partial charge in [-0.25, -0.2) is 9.78 Å². The molecule has 2 N–H and O–H groups in total. The van der Waals surface area contributed by atoms with Gasteiger partial charge in [0, 0.05) is 52.4 Å². The number of nitrogens with zero attached hydrogens (tertiary/aromatic N) is 4. The fourth-order valence-corrected chi connectivity index (χ4v) is 5.81. The number of hydrogen-bond acceptors (Lipinski definition) is 6. The zero-order valence-corrected chi connectivity index (χ0v) is 24.6. The van der Waals surface area contributed by atoms with Gasteiger partial charge >= 0.3 is 6.03 Å². The number of nitrogens with one attached hydrogen (secondary N) is 2. The molecule has 2 aromatic heterocycles. The Balaban J connectivity index is 1.51. The van der Waals surface area contributed by atoms with Gasteiger partial charge in [-0.3, -0.25) is 9.59 Å². The molecular weight excluding hydrogens is 547 g/mol. The minimum Gasteiger partial charge on any atom is -0.352 e. The second-order valence-electron chi connectivity index (χ2n) is 9.79. The van der Waals surface area contributed by atoms with E-state index < -0.39 is 0 Å². The normalized spacial score (nSPS) is 15.1. The summed E-state index contributed by atoms with van der Waals surface area (Å²) in [5, 5.41) is 10.1. The molecule has 9 nitrogen and oxygen atoms in total. The average molecular weight is 584 g/mol. The number of pyridine rings is 1. The monoisotopic (exact) mass is 582 g/mol. The van der Waals surface area contributed by atoms with Crippen LogP contribution in [0.2, 0.25) is 10.3 Å². The number of rotatable bonds is 10. The van der Waals surface area contributed by atoms with E-state index in [9.17, 15) is 14.4 Å². The number of thiophene rings is 1. The van der Waals surface area contributed by atoms with E-state index in [2.05, 4.69) is 27.4 Å². The number of halogens is 2. The number of aromatic nitrogens is 1. The van der Waals surface area contributed by atoms with E-state index in [0.717, 1.165) is 37.9 Å². The lowest BCUT2D eigenvalue weighted by Crippen LogP contribution is -2.52. The van der Waals surface area contributed by atoms with Crippen LogP contribution in [0.15, 0.2) is 22.9 Å². The number of carbonyl (C=O) groups is 3. The highest BCUT2D eigenvalue weighted by atomic mass is 35.5. The van der Waals surface area contributed by atoms with Crippen LogP contribution in [0.3, 0.4) is 0 Å². The van der Waals surface area contributed by atoms with Crippen LogP contribution in [0.25, 0.3) is 0 Å². The molecule has 1 saturated heterocycles. The number of hydrogen-bond donors (Lipinski definition) is 2. The molecule has 0 aromatic carbocycles. The molecular formula is C26H36Cl2N6O3S. The largest absolute Gasteiger partial charge is 0.352 e. The van der Waals surface area contributed by atoms with Crippen molar-refractivity contribution in [2.45, 2.75) is 51.7 Å². The van der Waals surface area contributed by atoms with Crippen molar-refractivity contribution in [3.05, 3.63) is 49.9 Å². The van der Waals surface area contributed by atoms with Crippen LogP contribution in [0.4, 0.5) is 4.79 Å². The van der Waals surface area contributed by atoms with Gasteiger partial charge < -0.3 is 25.3 Å². The number of aryl methyl sites for hydroxylation is 1. The Hall–Kier alpha value is -2.40. The molecule has 38 heavy (non-hydrogen) atoms. The highest BCUT2D eigenvalue weighted by Crippen LogP contribution is 2.23. The van der Waals surface area contributed by atoms with E-state index in [1.54, 1.807) is 38.4 Å². The minimum atomic E-state index is -0.259. The predicted molar refractivity (Wildman–Crippen MR) is 152 cm³/mol. The third-order valence-corrected chi connectivity index (χ3v) is 8.06. The SMILES string of the molecule is Cc1cc(Cl)nc(Cl)c1C(=O)NCCC(C)N1CCC(N(Cc2ccsc2)C(=O)NCC(=O)N(C)C)CC1. The Labute approximate surface area is 238 Å². The van der Waals surface area contributed by atoms with E-state index in [1.807, 2.05) is 21.7 Å². The molecule has 208 valence electrons. The third kappa shape index (κ3) is 8.30. The predicted octanol–water partition coefficient (Wildman–Crippen LogP) is 4.03. The van der Waals surface area contributed by atoms with Gasteiger partial charge in [0.25, 0.3) is 5.91 Å². The summed E-state index contributed by atoms with van der Waals surface area (Å²) in [6.45, 7) is 6.61. The number of amides is 4. The summed E-state index contributed by atoms with van der Waals surface area (Å²) in [4.78, 5) is 47.4. The summed E-state index contributed by atoms with van der Waals surface area (Å²) in [6, 6.07) is 3.77. The number of urea groups is 1. The van der Waals surface area contributed by atoms with Crippen molar-refractivity contribution < 1.29 is 14.4 Å². The van der Waals surface area contributed by atoms with E-state index in [1.165, 1.54) is 4.90 Å². The lowest BCUT2D eigenvalue weighted by Gasteiger charge is -2.40. The lowest BCUT2D eigenvalue weighted by molar-refractivity contribution is -0.127. The van der Waals surface area contributed by atoms with Gasteiger partial charge in [0.2, 0.25) is 5.91 Å². The van der Waals surface area contributed by atoms with Crippen molar-refractivity contribution >= 4 is 52.4 Å². The zero-order chi connectivity index (χ0) is 27.8. The maximum atomic E-state index is 13.1. The molecule has 1 aliphatic heterocycles. The number of likely N-dealkylation sites (tertiary alicyclic amines) is 1. The van der Waals surface area contributed by atoms with Gasteiger partial charge in [0.05, 0.1) is 12.1 Å². The third-order valence-electron chi connectivity index (χ3n) is 6.86. The molecule has 12 heteroatoms. The van der Waals surface area contributed by atoms with Crippen molar-refractivity contribution in [1.82, 2.24) is 30.3 Å². The second kappa shape index (κ2) is 14.1. The summed E-state index contributed by atoms with van der Waals surface area (Å²) in [7, 11) is 3.34. The van der Waals surface area contributed by atoms with Crippen molar-refractivity contribution in [3.63, 3.8) is 0 Å². The Morgan fingerprint density at radius 1 is 1.21 bits per heavy atom. The first kappa shape index (κ1) is 30.1. The summed E-state index contributed by atoms with van der Waals surface area (Å²) < 4.78 is 0. The second-order valence-corrected chi connectivity index (χ2v) is 11.3. The first-order valence-electron chi connectivity index (χ1n) is 12.7. The molecule has 4 amide bonds.